The molecule has 3 aromatic carbocycles. The number of nitrogens with zero attached hydrogens (tertiary/aromatic N) is 2. The minimum absolute atomic E-state index is 1.06. The van der Waals surface area contributed by atoms with Crippen LogP contribution in [0.1, 0.15) is 0 Å². The number of benzene rings is 3. The highest BCUT2D eigenvalue weighted by molar-refractivity contribution is 6.32. The zero-order valence-corrected chi connectivity index (χ0v) is 10.7. The van der Waals surface area contributed by atoms with Crippen LogP contribution in [0.5, 0.6) is 0 Å². The minimum atomic E-state index is 1.06. The molecule has 0 aliphatic heterocycles. The number of aromatic nitrogens is 2. The van der Waals surface area contributed by atoms with E-state index in [0.717, 1.165) is 5.52 Å². The summed E-state index contributed by atoms with van der Waals surface area (Å²) in [7, 11) is 0. The molecular formula is C18H10N2. The normalized spacial score (nSPS) is 12.0. The van der Waals surface area contributed by atoms with Crippen molar-refractivity contribution in [3.63, 3.8) is 0 Å². The van der Waals surface area contributed by atoms with Crippen molar-refractivity contribution in [3.8, 4) is 0 Å². The molecule has 2 nitrogen and oxygen atoms in total. The van der Waals surface area contributed by atoms with Crippen molar-refractivity contribution in [1.29, 1.82) is 0 Å². The highest BCUT2D eigenvalue weighted by Crippen LogP contribution is 2.38. The molecular weight excluding hydrogens is 244 g/mol. The molecule has 92 valence electrons. The van der Waals surface area contributed by atoms with E-state index in [4.69, 9.17) is 0 Å². The Labute approximate surface area is 115 Å². The van der Waals surface area contributed by atoms with Gasteiger partial charge < -0.3 is 0 Å². The van der Waals surface area contributed by atoms with Gasteiger partial charge in [-0.15, -0.1) is 0 Å². The van der Waals surface area contributed by atoms with Crippen molar-refractivity contribution in [2.45, 2.75) is 0 Å². The molecule has 0 N–H and O–H groups in total. The summed E-state index contributed by atoms with van der Waals surface area (Å²) in [5.41, 5.74) is 1.06. The van der Waals surface area contributed by atoms with Gasteiger partial charge in [0.15, 0.2) is 0 Å². The summed E-state index contributed by atoms with van der Waals surface area (Å²) < 4.78 is 0. The zero-order chi connectivity index (χ0) is 13.1. The number of fused-ring (bicyclic) bond motifs is 3. The van der Waals surface area contributed by atoms with Crippen LogP contribution < -0.4 is 0 Å². The van der Waals surface area contributed by atoms with E-state index >= 15 is 0 Å². The third-order valence-electron chi connectivity index (χ3n) is 4.12. The average Bonchev–Trinajstić information content (AvgIpc) is 2.53. The van der Waals surface area contributed by atoms with E-state index < -0.39 is 0 Å². The van der Waals surface area contributed by atoms with Crippen LogP contribution in [-0.2, 0) is 0 Å². The van der Waals surface area contributed by atoms with E-state index in [1.165, 1.54) is 37.7 Å². The highest BCUT2D eigenvalue weighted by atomic mass is 14.7. The summed E-state index contributed by atoms with van der Waals surface area (Å²) in [6.45, 7) is 0. The molecule has 20 heavy (non-hydrogen) atoms. The lowest BCUT2D eigenvalue weighted by molar-refractivity contribution is 1.38. The Hall–Kier alpha value is -2.74. The van der Waals surface area contributed by atoms with Gasteiger partial charge in [0.25, 0.3) is 0 Å². The maximum Gasteiger partial charge on any atom is 0.0787 e. The monoisotopic (exact) mass is 254 g/mol. The van der Waals surface area contributed by atoms with E-state index in [1.807, 2.05) is 24.7 Å². The fraction of sp³-hybridized carbons (Fsp3) is 0. The SMILES string of the molecule is c1cnc2c(c1)c1cncc3ccc4cccc2c4c31. The van der Waals surface area contributed by atoms with Crippen LogP contribution in [0.4, 0.5) is 0 Å². The smallest absolute Gasteiger partial charge is 0.0787 e. The lowest BCUT2D eigenvalue weighted by Gasteiger charge is -2.12. The molecule has 2 heteroatoms. The third-order valence-corrected chi connectivity index (χ3v) is 4.12. The Morgan fingerprint density at radius 2 is 1.50 bits per heavy atom. The lowest BCUT2D eigenvalue weighted by atomic mass is 9.93. The van der Waals surface area contributed by atoms with E-state index in [9.17, 15) is 0 Å². The van der Waals surface area contributed by atoms with Crippen molar-refractivity contribution in [2.24, 2.45) is 0 Å². The topological polar surface area (TPSA) is 25.8 Å². The fourth-order valence-corrected chi connectivity index (χ4v) is 3.29. The second-order valence-electron chi connectivity index (χ2n) is 5.15. The van der Waals surface area contributed by atoms with Gasteiger partial charge in [-0.25, -0.2) is 0 Å². The fourth-order valence-electron chi connectivity index (χ4n) is 3.29. The summed E-state index contributed by atoms with van der Waals surface area (Å²) in [4.78, 5) is 8.99. The molecule has 0 saturated carbocycles. The molecule has 0 atom stereocenters. The van der Waals surface area contributed by atoms with Crippen LogP contribution in [0.25, 0.3) is 43.2 Å². The summed E-state index contributed by atoms with van der Waals surface area (Å²) in [5.74, 6) is 0. The second-order valence-corrected chi connectivity index (χ2v) is 5.15. The Morgan fingerprint density at radius 3 is 2.50 bits per heavy atom. The molecule has 0 bridgehead atoms. The molecule has 0 fully saturated rings. The van der Waals surface area contributed by atoms with Crippen LogP contribution in [0.15, 0.2) is 61.1 Å². The summed E-state index contributed by atoms with van der Waals surface area (Å²) >= 11 is 0. The summed E-state index contributed by atoms with van der Waals surface area (Å²) in [6, 6.07) is 14.9. The summed E-state index contributed by atoms with van der Waals surface area (Å²) in [6.07, 6.45) is 5.76. The van der Waals surface area contributed by atoms with Crippen molar-refractivity contribution in [2.75, 3.05) is 0 Å². The van der Waals surface area contributed by atoms with Crippen LogP contribution in [0.3, 0.4) is 0 Å². The first-order valence-electron chi connectivity index (χ1n) is 6.69. The van der Waals surface area contributed by atoms with Gasteiger partial charge in [0, 0.05) is 45.5 Å². The molecule has 0 aliphatic rings. The molecule has 0 amide bonds. The predicted octanol–water partition coefficient (Wildman–Crippen LogP) is 4.53. The Kier molecular flexibility index (Phi) is 1.73. The summed E-state index contributed by atoms with van der Waals surface area (Å²) in [5, 5.41) is 8.65. The number of pyridine rings is 2. The van der Waals surface area contributed by atoms with Crippen LogP contribution in [0.2, 0.25) is 0 Å². The first-order valence-corrected chi connectivity index (χ1v) is 6.69. The number of hydrogen-bond acceptors (Lipinski definition) is 2. The first kappa shape index (κ1) is 10.1. The first-order chi connectivity index (χ1) is 9.93. The quantitative estimate of drug-likeness (QED) is 0.300. The van der Waals surface area contributed by atoms with Gasteiger partial charge in [-0.3, -0.25) is 9.97 Å². The van der Waals surface area contributed by atoms with E-state index in [2.05, 4.69) is 46.4 Å². The second kappa shape index (κ2) is 3.42. The highest BCUT2D eigenvalue weighted by Gasteiger charge is 2.13. The largest absolute Gasteiger partial charge is 0.263 e. The number of hydrogen-bond donors (Lipinski definition) is 0. The van der Waals surface area contributed by atoms with E-state index in [-0.39, 0.29) is 0 Å². The molecule has 0 saturated heterocycles. The molecule has 2 aromatic heterocycles. The third kappa shape index (κ3) is 1.09. The van der Waals surface area contributed by atoms with Gasteiger partial charge in [-0.1, -0.05) is 36.4 Å². The molecule has 2 heterocycles. The minimum Gasteiger partial charge on any atom is -0.263 e. The molecule has 0 aliphatic carbocycles. The van der Waals surface area contributed by atoms with E-state index in [1.54, 1.807) is 0 Å². The molecule has 5 aromatic rings. The lowest BCUT2D eigenvalue weighted by Crippen LogP contribution is -1.89. The maximum absolute atomic E-state index is 4.60. The van der Waals surface area contributed by atoms with Crippen molar-refractivity contribution in [3.05, 3.63) is 61.1 Å². The zero-order valence-electron chi connectivity index (χ0n) is 10.7. The van der Waals surface area contributed by atoms with Gasteiger partial charge >= 0.3 is 0 Å². The van der Waals surface area contributed by atoms with Crippen molar-refractivity contribution >= 4 is 43.2 Å². The van der Waals surface area contributed by atoms with Crippen molar-refractivity contribution in [1.82, 2.24) is 9.97 Å². The number of rotatable bonds is 0. The Bertz CT molecular complexity index is 1010. The molecule has 0 spiro atoms. The molecule has 0 unspecified atom stereocenters. The van der Waals surface area contributed by atoms with Gasteiger partial charge in [-0.2, -0.15) is 0 Å². The van der Waals surface area contributed by atoms with Crippen LogP contribution in [-0.4, -0.2) is 9.97 Å². The van der Waals surface area contributed by atoms with E-state index in [0.29, 0.717) is 0 Å². The van der Waals surface area contributed by atoms with Crippen LogP contribution >= 0.6 is 0 Å². The van der Waals surface area contributed by atoms with Gasteiger partial charge in [-0.05, 0) is 16.8 Å². The van der Waals surface area contributed by atoms with Crippen LogP contribution in [0, 0.1) is 0 Å². The average molecular weight is 254 g/mol. The van der Waals surface area contributed by atoms with Crippen molar-refractivity contribution < 1.29 is 0 Å². The standard InChI is InChI=1S/C18H10N2/c1-3-11-6-7-12-9-19-10-15-13-5-2-8-20-18(13)14(4-1)16(11)17(12)15/h1-10H. The maximum atomic E-state index is 4.60. The predicted molar refractivity (Wildman–Crippen MR) is 83.2 cm³/mol. The molecule has 5 rings (SSSR count). The molecule has 0 radical (unpaired) electrons. The Balaban J connectivity index is 2.33. The Morgan fingerprint density at radius 1 is 0.650 bits per heavy atom. The van der Waals surface area contributed by atoms with Gasteiger partial charge in [0.05, 0.1) is 5.52 Å². The van der Waals surface area contributed by atoms with Gasteiger partial charge in [0.1, 0.15) is 0 Å². The van der Waals surface area contributed by atoms with Gasteiger partial charge in [0.2, 0.25) is 0 Å².